The van der Waals surface area contributed by atoms with Crippen LogP contribution in [0.5, 0.6) is 0 Å². The molecule has 5 heteroatoms. The molecule has 15 heavy (non-hydrogen) atoms. The molecule has 1 heterocycles. The minimum absolute atomic E-state index is 0.00144. The van der Waals surface area contributed by atoms with Crippen LogP contribution in [0.4, 0.5) is 13.2 Å². The molecule has 1 aromatic heterocycles. The molecule has 2 nitrogen and oxygen atoms in total. The Morgan fingerprint density at radius 2 is 2.20 bits per heavy atom. The van der Waals surface area contributed by atoms with Crippen LogP contribution in [0.25, 0.3) is 6.08 Å². The van der Waals surface area contributed by atoms with Crippen LogP contribution >= 0.6 is 0 Å². The van der Waals surface area contributed by atoms with E-state index in [1.54, 1.807) is 6.92 Å². The van der Waals surface area contributed by atoms with Crippen LogP contribution in [0.15, 0.2) is 24.7 Å². The Kier molecular flexibility index (Phi) is 3.71. The molecule has 0 unspecified atom stereocenters. The van der Waals surface area contributed by atoms with Gasteiger partial charge in [-0.25, -0.2) is 0 Å². The quantitative estimate of drug-likeness (QED) is 0.726. The van der Waals surface area contributed by atoms with Crippen LogP contribution in [0, 0.1) is 0 Å². The molecule has 0 spiro atoms. The lowest BCUT2D eigenvalue weighted by Crippen LogP contribution is -2.07. The standard InChI is InChI=1S/C10H10F3NO/c1-2-15-6-4-8-7-14-5-3-9(8)10(11,12)13/h3-7H,2H2,1H3/b6-4+. The number of aromatic nitrogens is 1. The van der Waals surface area contributed by atoms with Crippen molar-refractivity contribution in [3.63, 3.8) is 0 Å². The van der Waals surface area contributed by atoms with Gasteiger partial charge < -0.3 is 4.74 Å². The van der Waals surface area contributed by atoms with Gasteiger partial charge in [-0.2, -0.15) is 13.2 Å². The fourth-order valence-corrected chi connectivity index (χ4v) is 1.02. The van der Waals surface area contributed by atoms with Crippen molar-refractivity contribution in [1.29, 1.82) is 0 Å². The predicted molar refractivity (Wildman–Crippen MR) is 49.9 cm³/mol. The van der Waals surface area contributed by atoms with Gasteiger partial charge in [-0.15, -0.1) is 0 Å². The van der Waals surface area contributed by atoms with E-state index in [2.05, 4.69) is 4.98 Å². The van der Waals surface area contributed by atoms with Gasteiger partial charge in [0.15, 0.2) is 0 Å². The largest absolute Gasteiger partial charge is 0.501 e. The Hall–Kier alpha value is -1.52. The maximum Gasteiger partial charge on any atom is 0.417 e. The Balaban J connectivity index is 2.97. The molecular formula is C10H10F3NO. The van der Waals surface area contributed by atoms with E-state index in [0.29, 0.717) is 6.61 Å². The first-order valence-electron chi connectivity index (χ1n) is 4.35. The van der Waals surface area contributed by atoms with Gasteiger partial charge in [0.05, 0.1) is 18.4 Å². The zero-order valence-corrected chi connectivity index (χ0v) is 8.08. The summed E-state index contributed by atoms with van der Waals surface area (Å²) in [5, 5.41) is 0. The molecule has 0 saturated carbocycles. The first-order chi connectivity index (χ1) is 7.05. The number of pyridine rings is 1. The molecule has 0 amide bonds. The summed E-state index contributed by atoms with van der Waals surface area (Å²) in [6.07, 6.45) is 0.375. The van der Waals surface area contributed by atoms with Crippen LogP contribution in [0.1, 0.15) is 18.1 Å². The Bertz CT molecular complexity index is 347. The summed E-state index contributed by atoms with van der Waals surface area (Å²) in [5.74, 6) is 0. The van der Waals surface area contributed by atoms with E-state index in [1.165, 1.54) is 12.3 Å². The second-order valence-corrected chi connectivity index (χ2v) is 2.72. The minimum Gasteiger partial charge on any atom is -0.501 e. The van der Waals surface area contributed by atoms with E-state index < -0.39 is 11.7 Å². The zero-order chi connectivity index (χ0) is 11.3. The predicted octanol–water partition coefficient (Wildman–Crippen LogP) is 3.11. The van der Waals surface area contributed by atoms with E-state index in [9.17, 15) is 13.2 Å². The van der Waals surface area contributed by atoms with Gasteiger partial charge in [-0.05, 0) is 19.1 Å². The van der Waals surface area contributed by atoms with Gasteiger partial charge in [-0.1, -0.05) is 0 Å². The lowest BCUT2D eigenvalue weighted by Gasteiger charge is -2.08. The fourth-order valence-electron chi connectivity index (χ4n) is 1.02. The molecule has 0 radical (unpaired) electrons. The topological polar surface area (TPSA) is 22.1 Å². The van der Waals surface area contributed by atoms with Crippen molar-refractivity contribution in [2.75, 3.05) is 6.61 Å². The molecule has 0 fully saturated rings. The number of alkyl halides is 3. The molecule has 0 saturated heterocycles. The van der Waals surface area contributed by atoms with E-state index in [1.807, 2.05) is 0 Å². The summed E-state index contributed by atoms with van der Waals surface area (Å²) in [4.78, 5) is 3.63. The first-order valence-corrected chi connectivity index (χ1v) is 4.35. The van der Waals surface area contributed by atoms with Gasteiger partial charge in [-0.3, -0.25) is 4.98 Å². The molecule has 1 rings (SSSR count). The van der Waals surface area contributed by atoms with Gasteiger partial charge in [0, 0.05) is 18.0 Å². The maximum absolute atomic E-state index is 12.5. The van der Waals surface area contributed by atoms with Crippen molar-refractivity contribution in [1.82, 2.24) is 4.98 Å². The molecule has 0 aliphatic carbocycles. The van der Waals surface area contributed by atoms with Crippen molar-refractivity contribution in [2.24, 2.45) is 0 Å². The van der Waals surface area contributed by atoms with Gasteiger partial charge in [0.2, 0.25) is 0 Å². The summed E-state index contributed by atoms with van der Waals surface area (Å²) in [5.41, 5.74) is -0.716. The normalized spacial score (nSPS) is 12.0. The highest BCUT2D eigenvalue weighted by atomic mass is 19.4. The molecular weight excluding hydrogens is 207 g/mol. The molecule has 0 bridgehead atoms. The third-order valence-corrected chi connectivity index (χ3v) is 1.67. The molecule has 1 aromatic rings. The average molecular weight is 217 g/mol. The molecule has 0 aromatic carbocycles. The zero-order valence-electron chi connectivity index (χ0n) is 8.08. The summed E-state index contributed by atoms with van der Waals surface area (Å²) in [6, 6.07) is 0.936. The summed E-state index contributed by atoms with van der Waals surface area (Å²) >= 11 is 0. The van der Waals surface area contributed by atoms with E-state index in [-0.39, 0.29) is 5.56 Å². The van der Waals surface area contributed by atoms with Crippen molar-refractivity contribution in [3.8, 4) is 0 Å². The second-order valence-electron chi connectivity index (χ2n) is 2.72. The third kappa shape index (κ3) is 3.27. The fraction of sp³-hybridized carbons (Fsp3) is 0.300. The summed E-state index contributed by atoms with van der Waals surface area (Å²) < 4.78 is 42.2. The number of halogens is 3. The Labute approximate surface area is 85.4 Å². The van der Waals surface area contributed by atoms with E-state index >= 15 is 0 Å². The summed E-state index contributed by atoms with van der Waals surface area (Å²) in [6.45, 7) is 2.16. The molecule has 82 valence electrons. The highest BCUT2D eigenvalue weighted by molar-refractivity contribution is 5.52. The van der Waals surface area contributed by atoms with Crippen LogP contribution in [-0.2, 0) is 10.9 Å². The average Bonchev–Trinajstić information content (AvgIpc) is 2.17. The number of rotatable bonds is 3. The SMILES string of the molecule is CCO/C=C/c1cnccc1C(F)(F)F. The molecule has 0 N–H and O–H groups in total. The van der Waals surface area contributed by atoms with Gasteiger partial charge in [0.1, 0.15) is 0 Å². The van der Waals surface area contributed by atoms with Crippen molar-refractivity contribution < 1.29 is 17.9 Å². The highest BCUT2D eigenvalue weighted by Gasteiger charge is 2.32. The molecule has 0 aliphatic heterocycles. The molecule has 0 atom stereocenters. The smallest absolute Gasteiger partial charge is 0.417 e. The highest BCUT2D eigenvalue weighted by Crippen LogP contribution is 2.31. The number of hydrogen-bond donors (Lipinski definition) is 0. The summed E-state index contributed by atoms with van der Waals surface area (Å²) in [7, 11) is 0. The monoisotopic (exact) mass is 217 g/mol. The minimum atomic E-state index is -4.37. The third-order valence-electron chi connectivity index (χ3n) is 1.67. The van der Waals surface area contributed by atoms with Gasteiger partial charge in [0.25, 0.3) is 0 Å². The second kappa shape index (κ2) is 4.82. The maximum atomic E-state index is 12.5. The number of hydrogen-bond acceptors (Lipinski definition) is 2. The van der Waals surface area contributed by atoms with Crippen molar-refractivity contribution in [2.45, 2.75) is 13.1 Å². The van der Waals surface area contributed by atoms with Crippen LogP contribution in [0.2, 0.25) is 0 Å². The van der Waals surface area contributed by atoms with Crippen LogP contribution in [-0.4, -0.2) is 11.6 Å². The van der Waals surface area contributed by atoms with Gasteiger partial charge >= 0.3 is 6.18 Å². The van der Waals surface area contributed by atoms with E-state index in [4.69, 9.17) is 4.74 Å². The molecule has 0 aliphatic rings. The van der Waals surface area contributed by atoms with Crippen molar-refractivity contribution >= 4 is 6.08 Å². The van der Waals surface area contributed by atoms with Crippen molar-refractivity contribution in [3.05, 3.63) is 35.8 Å². The lowest BCUT2D eigenvalue weighted by molar-refractivity contribution is -0.137. The lowest BCUT2D eigenvalue weighted by atomic mass is 10.1. The van der Waals surface area contributed by atoms with Crippen LogP contribution in [0.3, 0.4) is 0 Å². The number of ether oxygens (including phenoxy) is 1. The van der Waals surface area contributed by atoms with Crippen LogP contribution < -0.4 is 0 Å². The first kappa shape index (κ1) is 11.6. The number of nitrogens with zero attached hydrogens (tertiary/aromatic N) is 1. The Morgan fingerprint density at radius 1 is 1.47 bits per heavy atom. The Morgan fingerprint density at radius 3 is 2.80 bits per heavy atom. The van der Waals surface area contributed by atoms with E-state index in [0.717, 1.165) is 18.5 Å².